The Hall–Kier alpha value is -6.19. The number of aromatic amines is 1. The maximum Gasteiger partial charge on any atom is 0.439 e. The molecule has 6 aromatic rings. The van der Waals surface area contributed by atoms with Gasteiger partial charge in [0.05, 0.1) is 6.04 Å². The summed E-state index contributed by atoms with van der Waals surface area (Å²) in [5.41, 5.74) is 9.41. The number of rotatable bonds is 7. The van der Waals surface area contributed by atoms with E-state index in [1.165, 1.54) is 6.07 Å². The van der Waals surface area contributed by atoms with Crippen LogP contribution in [0.3, 0.4) is 0 Å². The molecule has 16 heteroatoms. The van der Waals surface area contributed by atoms with Gasteiger partial charge in [-0.15, -0.1) is 5.10 Å². The number of aromatic nitrogens is 7. The summed E-state index contributed by atoms with van der Waals surface area (Å²) in [7, 11) is 0. The SMILES string of the molecule is Cc1nc2cc(CNC(=O)c3cc(C(=O)N[C@H]4CCc5cc(-c6noc(=O)[nH]6)ccc54)n4nnc(C(N)=O)c4n3)ccc2o1. The highest BCUT2D eigenvalue weighted by atomic mass is 16.5. The van der Waals surface area contributed by atoms with E-state index in [0.717, 1.165) is 21.2 Å². The first kappa shape index (κ1) is 26.7. The Labute approximate surface area is 245 Å². The highest BCUT2D eigenvalue weighted by Crippen LogP contribution is 2.33. The molecule has 4 heterocycles. The minimum Gasteiger partial charge on any atom is -0.441 e. The van der Waals surface area contributed by atoms with E-state index in [9.17, 15) is 19.2 Å². The fraction of sp³-hybridized carbons (Fsp3) is 0.179. The van der Waals surface area contributed by atoms with Crippen LogP contribution in [-0.4, -0.2) is 52.7 Å². The van der Waals surface area contributed by atoms with Gasteiger partial charge in [-0.25, -0.2) is 14.8 Å². The zero-order valence-corrected chi connectivity index (χ0v) is 23.0. The van der Waals surface area contributed by atoms with Crippen LogP contribution in [0.25, 0.3) is 28.1 Å². The molecule has 5 N–H and O–H groups in total. The van der Waals surface area contributed by atoms with Crippen LogP contribution in [0.15, 0.2) is 56.2 Å². The first-order valence-corrected chi connectivity index (χ1v) is 13.4. The van der Waals surface area contributed by atoms with E-state index in [1.54, 1.807) is 31.2 Å². The van der Waals surface area contributed by atoms with Crippen molar-refractivity contribution in [2.75, 3.05) is 0 Å². The number of primary amides is 1. The van der Waals surface area contributed by atoms with Gasteiger partial charge in [-0.2, -0.15) is 4.52 Å². The van der Waals surface area contributed by atoms with Crippen molar-refractivity contribution in [1.82, 2.24) is 45.6 Å². The maximum atomic E-state index is 13.6. The maximum absolute atomic E-state index is 13.6. The number of fused-ring (bicyclic) bond motifs is 3. The Bertz CT molecular complexity index is 2190. The number of nitrogens with one attached hydrogen (secondary N) is 3. The van der Waals surface area contributed by atoms with Crippen molar-refractivity contribution in [2.45, 2.75) is 32.4 Å². The van der Waals surface area contributed by atoms with Crippen LogP contribution in [0.5, 0.6) is 0 Å². The van der Waals surface area contributed by atoms with E-state index in [4.69, 9.17) is 10.2 Å². The molecule has 0 unspecified atom stereocenters. The van der Waals surface area contributed by atoms with E-state index in [2.05, 4.69) is 45.6 Å². The Morgan fingerprint density at radius 1 is 1.11 bits per heavy atom. The lowest BCUT2D eigenvalue weighted by atomic mass is 10.0. The lowest BCUT2D eigenvalue weighted by molar-refractivity contribution is 0.0927. The molecule has 1 aliphatic rings. The number of benzene rings is 2. The molecule has 44 heavy (non-hydrogen) atoms. The molecule has 1 atom stereocenters. The number of nitrogens with two attached hydrogens (primary N) is 1. The summed E-state index contributed by atoms with van der Waals surface area (Å²) in [6.07, 6.45) is 1.26. The number of nitrogens with zero attached hydrogens (tertiary/aromatic N) is 6. The van der Waals surface area contributed by atoms with Crippen molar-refractivity contribution in [1.29, 1.82) is 0 Å². The summed E-state index contributed by atoms with van der Waals surface area (Å²) in [5.74, 6) is -1.90. The first-order valence-electron chi connectivity index (χ1n) is 13.4. The number of aryl methyl sites for hydroxylation is 2. The predicted octanol–water partition coefficient (Wildman–Crippen LogP) is 1.36. The average molecular weight is 595 g/mol. The topological polar surface area (TPSA) is 229 Å². The number of carbonyl (C=O) groups is 3. The summed E-state index contributed by atoms with van der Waals surface area (Å²) in [5, 5.41) is 17.2. The highest BCUT2D eigenvalue weighted by molar-refractivity contribution is 6.01. The van der Waals surface area contributed by atoms with E-state index in [1.807, 2.05) is 12.1 Å². The molecule has 7 rings (SSSR count). The molecule has 16 nitrogen and oxygen atoms in total. The number of carbonyl (C=O) groups excluding carboxylic acids is 3. The third-order valence-corrected chi connectivity index (χ3v) is 7.33. The highest BCUT2D eigenvalue weighted by Gasteiger charge is 2.28. The minimum atomic E-state index is -0.915. The predicted molar refractivity (Wildman–Crippen MR) is 150 cm³/mol. The van der Waals surface area contributed by atoms with Crippen LogP contribution in [0.4, 0.5) is 0 Å². The average Bonchev–Trinajstić information content (AvgIpc) is 3.80. The van der Waals surface area contributed by atoms with Crippen molar-refractivity contribution < 1.29 is 23.3 Å². The zero-order chi connectivity index (χ0) is 30.5. The van der Waals surface area contributed by atoms with Gasteiger partial charge in [0.15, 0.2) is 28.6 Å². The monoisotopic (exact) mass is 594 g/mol. The first-order chi connectivity index (χ1) is 21.2. The summed E-state index contributed by atoms with van der Waals surface area (Å²) in [6, 6.07) is 11.7. The molecule has 0 saturated heterocycles. The van der Waals surface area contributed by atoms with Gasteiger partial charge in [0.25, 0.3) is 17.7 Å². The fourth-order valence-electron chi connectivity index (χ4n) is 5.29. The van der Waals surface area contributed by atoms with Crippen molar-refractivity contribution in [2.24, 2.45) is 5.73 Å². The van der Waals surface area contributed by atoms with Crippen LogP contribution in [0.2, 0.25) is 0 Å². The standard InChI is InChI=1S/C28H22N10O6/c1-12-31-18-8-13(2-7-21(18)43-12)11-30-26(40)19-10-20(38-25(32-19)22(23(29)39)35-37-38)27(41)33-17-6-4-14-9-15(3-5-16(14)17)24-34-28(42)44-36-24/h2-3,5,7-10,17H,4,6,11H2,1H3,(H2,29,39)(H,30,40)(H,33,41)(H,34,36,42)/t17-/m0/s1. The molecule has 2 aromatic carbocycles. The van der Waals surface area contributed by atoms with Crippen molar-refractivity contribution >= 4 is 34.5 Å². The van der Waals surface area contributed by atoms with Gasteiger partial charge in [-0.1, -0.05) is 28.6 Å². The van der Waals surface area contributed by atoms with Gasteiger partial charge < -0.3 is 20.8 Å². The number of amides is 3. The van der Waals surface area contributed by atoms with E-state index < -0.39 is 23.5 Å². The third-order valence-electron chi connectivity index (χ3n) is 7.33. The fourth-order valence-corrected chi connectivity index (χ4v) is 5.29. The molecule has 0 aliphatic heterocycles. The van der Waals surface area contributed by atoms with Gasteiger partial charge in [-0.3, -0.25) is 23.9 Å². The molecular formula is C28H22N10O6. The number of hydrogen-bond donors (Lipinski definition) is 4. The van der Waals surface area contributed by atoms with Gasteiger partial charge >= 0.3 is 5.76 Å². The van der Waals surface area contributed by atoms with Crippen LogP contribution in [-0.2, 0) is 13.0 Å². The van der Waals surface area contributed by atoms with Crippen molar-refractivity contribution in [3.05, 3.63) is 92.7 Å². The zero-order valence-electron chi connectivity index (χ0n) is 23.0. The third kappa shape index (κ3) is 4.73. The molecule has 3 amide bonds. The molecule has 0 saturated carbocycles. The largest absolute Gasteiger partial charge is 0.441 e. The van der Waals surface area contributed by atoms with Gasteiger partial charge in [0.1, 0.15) is 16.9 Å². The molecule has 220 valence electrons. The molecule has 0 bridgehead atoms. The van der Waals surface area contributed by atoms with E-state index in [0.29, 0.717) is 41.2 Å². The second-order valence-corrected chi connectivity index (χ2v) is 10.2. The number of hydrogen-bond acceptors (Lipinski definition) is 11. The molecule has 0 radical (unpaired) electrons. The molecular weight excluding hydrogens is 572 g/mol. The normalized spacial score (nSPS) is 14.2. The van der Waals surface area contributed by atoms with Crippen LogP contribution in [0, 0.1) is 6.92 Å². The van der Waals surface area contributed by atoms with Gasteiger partial charge in [0, 0.05) is 25.1 Å². The summed E-state index contributed by atoms with van der Waals surface area (Å²) in [4.78, 5) is 61.3. The van der Waals surface area contributed by atoms with Gasteiger partial charge in [-0.05, 0) is 47.7 Å². The molecule has 0 spiro atoms. The van der Waals surface area contributed by atoms with E-state index >= 15 is 0 Å². The smallest absolute Gasteiger partial charge is 0.439 e. The Balaban J connectivity index is 1.15. The Kier molecular flexibility index (Phi) is 6.23. The van der Waals surface area contributed by atoms with Crippen molar-refractivity contribution in [3.8, 4) is 11.4 Å². The van der Waals surface area contributed by atoms with Crippen LogP contribution < -0.4 is 22.1 Å². The second-order valence-electron chi connectivity index (χ2n) is 10.2. The van der Waals surface area contributed by atoms with Crippen LogP contribution >= 0.6 is 0 Å². The number of oxazole rings is 1. The summed E-state index contributed by atoms with van der Waals surface area (Å²) >= 11 is 0. The molecule has 0 fully saturated rings. The Morgan fingerprint density at radius 3 is 2.77 bits per heavy atom. The summed E-state index contributed by atoms with van der Waals surface area (Å²) in [6.45, 7) is 1.88. The van der Waals surface area contributed by atoms with Crippen LogP contribution in [0.1, 0.15) is 66.5 Å². The Morgan fingerprint density at radius 2 is 1.98 bits per heavy atom. The quantitative estimate of drug-likeness (QED) is 0.206. The van der Waals surface area contributed by atoms with Gasteiger partial charge in [0.2, 0.25) is 0 Å². The lowest BCUT2D eigenvalue weighted by Gasteiger charge is -2.15. The van der Waals surface area contributed by atoms with Crippen molar-refractivity contribution in [3.63, 3.8) is 0 Å². The summed E-state index contributed by atoms with van der Waals surface area (Å²) < 4.78 is 11.2. The number of H-pyrrole nitrogens is 1. The second kappa shape index (κ2) is 10.3. The molecule has 1 aliphatic carbocycles. The lowest BCUT2D eigenvalue weighted by Crippen LogP contribution is -2.31. The van der Waals surface area contributed by atoms with E-state index in [-0.39, 0.29) is 35.3 Å². The minimum absolute atomic E-state index is 0.0649. The molecule has 4 aromatic heterocycles.